The maximum atomic E-state index is 10.6. The van der Waals surface area contributed by atoms with E-state index in [1.807, 2.05) is 13.8 Å². The maximum Gasteiger partial charge on any atom is 0.0651 e. The van der Waals surface area contributed by atoms with Crippen LogP contribution in [0.5, 0.6) is 0 Å². The Morgan fingerprint density at radius 2 is 1.59 bits per heavy atom. The van der Waals surface area contributed by atoms with Crippen molar-refractivity contribution in [3.05, 3.63) is 12.2 Å². The molecule has 0 heterocycles. The van der Waals surface area contributed by atoms with Crippen LogP contribution in [0.1, 0.15) is 52.9 Å². The molecule has 2 heteroatoms. The molecule has 0 amide bonds. The van der Waals surface area contributed by atoms with E-state index in [-0.39, 0.29) is 11.8 Å². The van der Waals surface area contributed by atoms with Crippen molar-refractivity contribution in [1.82, 2.24) is 0 Å². The van der Waals surface area contributed by atoms with Gasteiger partial charge in [-0.3, -0.25) is 0 Å². The largest absolute Gasteiger partial charge is 0.390 e. The first kappa shape index (κ1) is 13.1. The molecular formula is C15H26O2. The predicted octanol–water partition coefficient (Wildman–Crippen LogP) is 2.89. The summed E-state index contributed by atoms with van der Waals surface area (Å²) in [6.45, 7) is 10.0. The zero-order valence-electron chi connectivity index (χ0n) is 11.4. The molecule has 2 aliphatic rings. The average Bonchev–Trinajstić information content (AvgIpc) is 2.39. The summed E-state index contributed by atoms with van der Waals surface area (Å²) in [4.78, 5) is 0. The van der Waals surface area contributed by atoms with E-state index in [1.54, 1.807) is 0 Å². The van der Waals surface area contributed by atoms with Crippen LogP contribution in [0.25, 0.3) is 0 Å². The van der Waals surface area contributed by atoms with Crippen LogP contribution >= 0.6 is 0 Å². The molecular weight excluding hydrogens is 212 g/mol. The normalized spacial score (nSPS) is 50.8. The highest BCUT2D eigenvalue weighted by atomic mass is 16.3. The van der Waals surface area contributed by atoms with Crippen molar-refractivity contribution in [3.63, 3.8) is 0 Å². The summed E-state index contributed by atoms with van der Waals surface area (Å²) >= 11 is 0. The maximum absolute atomic E-state index is 10.6. The topological polar surface area (TPSA) is 40.5 Å². The summed E-state index contributed by atoms with van der Waals surface area (Å²) in [5.41, 5.74) is -0.0219. The summed E-state index contributed by atoms with van der Waals surface area (Å²) in [6, 6.07) is 0. The van der Waals surface area contributed by atoms with E-state index in [2.05, 4.69) is 13.5 Å². The molecule has 0 spiro atoms. The minimum Gasteiger partial charge on any atom is -0.390 e. The third-order valence-corrected chi connectivity index (χ3v) is 5.28. The molecule has 2 N–H and O–H groups in total. The highest BCUT2D eigenvalue weighted by molar-refractivity contribution is 5.08. The highest BCUT2D eigenvalue weighted by Gasteiger charge is 2.52. The van der Waals surface area contributed by atoms with Gasteiger partial charge in [0, 0.05) is 0 Å². The van der Waals surface area contributed by atoms with Crippen molar-refractivity contribution in [2.24, 2.45) is 17.8 Å². The van der Waals surface area contributed by atoms with Gasteiger partial charge in [-0.1, -0.05) is 12.2 Å². The van der Waals surface area contributed by atoms with Gasteiger partial charge in [0.2, 0.25) is 0 Å². The monoisotopic (exact) mass is 238 g/mol. The number of aliphatic hydroxyl groups is 2. The summed E-state index contributed by atoms with van der Waals surface area (Å²) in [5.74, 6) is 0.935. The van der Waals surface area contributed by atoms with Crippen molar-refractivity contribution in [3.8, 4) is 0 Å². The highest BCUT2D eigenvalue weighted by Crippen LogP contribution is 2.52. The Morgan fingerprint density at radius 1 is 1.06 bits per heavy atom. The van der Waals surface area contributed by atoms with E-state index >= 15 is 0 Å². The summed E-state index contributed by atoms with van der Waals surface area (Å²) < 4.78 is 0. The molecule has 2 rings (SSSR count). The molecule has 0 bridgehead atoms. The molecule has 0 saturated heterocycles. The van der Waals surface area contributed by atoms with Gasteiger partial charge in [-0.2, -0.15) is 0 Å². The fourth-order valence-corrected chi connectivity index (χ4v) is 3.95. The molecule has 2 aliphatic carbocycles. The van der Waals surface area contributed by atoms with E-state index in [1.165, 1.54) is 5.57 Å². The number of hydrogen-bond donors (Lipinski definition) is 2. The van der Waals surface area contributed by atoms with Gasteiger partial charge in [-0.25, -0.2) is 0 Å². The lowest BCUT2D eigenvalue weighted by Gasteiger charge is -2.35. The molecule has 0 aromatic rings. The van der Waals surface area contributed by atoms with Crippen molar-refractivity contribution in [2.75, 3.05) is 0 Å². The Kier molecular flexibility index (Phi) is 3.16. The minimum atomic E-state index is -0.616. The van der Waals surface area contributed by atoms with Crippen LogP contribution in [0, 0.1) is 17.8 Å². The lowest BCUT2D eigenvalue weighted by atomic mass is 9.76. The molecule has 0 aromatic heterocycles. The van der Waals surface area contributed by atoms with E-state index in [9.17, 15) is 10.2 Å². The van der Waals surface area contributed by atoms with Crippen LogP contribution in [0.2, 0.25) is 0 Å². The van der Waals surface area contributed by atoms with Gasteiger partial charge < -0.3 is 10.2 Å². The summed E-state index contributed by atoms with van der Waals surface area (Å²) in [6.07, 6.45) is 4.60. The fraction of sp³-hybridized carbons (Fsp3) is 0.867. The number of allylic oxidation sites excluding steroid dienone is 1. The van der Waals surface area contributed by atoms with Gasteiger partial charge in [0.05, 0.1) is 11.2 Å². The second-order valence-electron chi connectivity index (χ2n) is 6.78. The van der Waals surface area contributed by atoms with Crippen molar-refractivity contribution >= 4 is 0 Å². The second kappa shape index (κ2) is 4.10. The van der Waals surface area contributed by atoms with Crippen LogP contribution < -0.4 is 0 Å². The van der Waals surface area contributed by atoms with Crippen LogP contribution in [0.15, 0.2) is 12.2 Å². The number of fused-ring (bicyclic) bond motifs is 1. The molecule has 0 unspecified atom stereocenters. The zero-order chi connectivity index (χ0) is 12.8. The number of hydrogen-bond acceptors (Lipinski definition) is 2. The molecule has 17 heavy (non-hydrogen) atoms. The van der Waals surface area contributed by atoms with Crippen molar-refractivity contribution in [2.45, 2.75) is 64.1 Å². The fourth-order valence-electron chi connectivity index (χ4n) is 3.95. The first-order valence-corrected chi connectivity index (χ1v) is 6.84. The van der Waals surface area contributed by atoms with E-state index in [4.69, 9.17) is 0 Å². The lowest BCUT2D eigenvalue weighted by molar-refractivity contribution is -0.0539. The quantitative estimate of drug-likeness (QED) is 0.690. The SMILES string of the molecule is C=C(C)[C@H]1CC[C@](C)(O)[C@@H]2CC[C@@](C)(O)[C@@H]2C1. The van der Waals surface area contributed by atoms with Gasteiger partial charge in [0.1, 0.15) is 0 Å². The molecule has 0 aromatic carbocycles. The smallest absolute Gasteiger partial charge is 0.0651 e. The molecule has 2 nitrogen and oxygen atoms in total. The van der Waals surface area contributed by atoms with Gasteiger partial charge in [0.15, 0.2) is 0 Å². The third kappa shape index (κ3) is 2.30. The first-order valence-electron chi connectivity index (χ1n) is 6.84. The lowest BCUT2D eigenvalue weighted by Crippen LogP contribution is -2.40. The average molecular weight is 238 g/mol. The molecule has 0 radical (unpaired) electrons. The van der Waals surface area contributed by atoms with Crippen molar-refractivity contribution in [1.29, 1.82) is 0 Å². The van der Waals surface area contributed by atoms with Gasteiger partial charge >= 0.3 is 0 Å². The van der Waals surface area contributed by atoms with Crippen LogP contribution in [0.4, 0.5) is 0 Å². The van der Waals surface area contributed by atoms with E-state index in [0.29, 0.717) is 5.92 Å². The molecule has 2 fully saturated rings. The molecule has 5 atom stereocenters. The molecule has 0 aliphatic heterocycles. The van der Waals surface area contributed by atoms with Gasteiger partial charge in [-0.05, 0) is 70.6 Å². The standard InChI is InChI=1S/C15H26O2/c1-10(2)11-5-7-14(3,16)12-6-8-15(4,17)13(12)9-11/h11-13,16-17H,1,5-9H2,2-4H3/t11-,12+,13+,14-,15+/m0/s1. The van der Waals surface area contributed by atoms with Crippen LogP contribution in [-0.4, -0.2) is 21.4 Å². The molecule has 98 valence electrons. The molecule has 2 saturated carbocycles. The predicted molar refractivity (Wildman–Crippen MR) is 69.6 cm³/mol. The second-order valence-corrected chi connectivity index (χ2v) is 6.78. The summed E-state index contributed by atoms with van der Waals surface area (Å²) in [7, 11) is 0. The Hall–Kier alpha value is -0.340. The van der Waals surface area contributed by atoms with Gasteiger partial charge in [0.25, 0.3) is 0 Å². The van der Waals surface area contributed by atoms with E-state index in [0.717, 1.165) is 32.1 Å². The Labute approximate surface area is 105 Å². The third-order valence-electron chi connectivity index (χ3n) is 5.28. The van der Waals surface area contributed by atoms with E-state index < -0.39 is 11.2 Å². The van der Waals surface area contributed by atoms with Crippen LogP contribution in [0.3, 0.4) is 0 Å². The van der Waals surface area contributed by atoms with Crippen molar-refractivity contribution < 1.29 is 10.2 Å². The summed E-state index contributed by atoms with van der Waals surface area (Å²) in [5, 5.41) is 21.1. The first-order chi connectivity index (χ1) is 7.74. The Bertz CT molecular complexity index is 317. The zero-order valence-corrected chi connectivity index (χ0v) is 11.4. The number of rotatable bonds is 1. The minimum absolute atomic E-state index is 0.224. The van der Waals surface area contributed by atoms with Gasteiger partial charge in [-0.15, -0.1) is 0 Å². The Morgan fingerprint density at radius 3 is 2.18 bits per heavy atom. The Balaban J connectivity index is 2.28. The van der Waals surface area contributed by atoms with Crippen LogP contribution in [-0.2, 0) is 0 Å².